The van der Waals surface area contributed by atoms with Gasteiger partial charge in [0.1, 0.15) is 24.4 Å². The summed E-state index contributed by atoms with van der Waals surface area (Å²) in [4.78, 5) is 11.3. The molecule has 4 N–H and O–H groups in total. The van der Waals surface area contributed by atoms with E-state index in [1.54, 1.807) is 5.32 Å². The van der Waals surface area contributed by atoms with E-state index in [1.807, 2.05) is 0 Å². The van der Waals surface area contributed by atoms with E-state index in [4.69, 9.17) is 9.47 Å². The van der Waals surface area contributed by atoms with Gasteiger partial charge in [0.05, 0.1) is 6.61 Å². The molecule has 1 fully saturated rings. The standard InChI is InChI=1S/C26H46F3NO6/c1-2-3-4-5-6-7-8-9-10-11-12-13-14-15-16-17-18-35-24-21(30-25(34)26(27,28)29)23(33)22(32)20(19-31)36-24/h9-10,20-24,31-33H,2-8,11-19H2,1H3,(H,30,34)/b10-9-/t20-,21-,22-,23-,24+/m1/s1. The van der Waals surface area contributed by atoms with Crippen LogP contribution in [0.3, 0.4) is 0 Å². The summed E-state index contributed by atoms with van der Waals surface area (Å²) in [7, 11) is 0. The van der Waals surface area contributed by atoms with Crippen LogP contribution in [0, 0.1) is 0 Å². The highest BCUT2D eigenvalue weighted by atomic mass is 19.4. The van der Waals surface area contributed by atoms with Crippen LogP contribution in [0.1, 0.15) is 96.8 Å². The highest BCUT2D eigenvalue weighted by molar-refractivity contribution is 5.82. The first-order valence-corrected chi connectivity index (χ1v) is 13.5. The van der Waals surface area contributed by atoms with Crippen molar-refractivity contribution >= 4 is 5.91 Å². The van der Waals surface area contributed by atoms with Crippen molar-refractivity contribution < 1.29 is 42.8 Å². The zero-order valence-corrected chi connectivity index (χ0v) is 21.6. The maximum Gasteiger partial charge on any atom is 0.471 e. The lowest BCUT2D eigenvalue weighted by Crippen LogP contribution is -2.65. The molecule has 1 heterocycles. The quantitative estimate of drug-likeness (QED) is 0.146. The molecular weight excluding hydrogens is 479 g/mol. The SMILES string of the molecule is CCCCCCCC/C=C\CCCCCCCCO[C@H]1O[C@H](CO)[C@@H](O)[C@H](O)[C@H]1NC(=O)C(F)(F)F. The molecule has 0 unspecified atom stereocenters. The van der Waals surface area contributed by atoms with Crippen molar-refractivity contribution in [3.63, 3.8) is 0 Å². The molecule has 1 amide bonds. The Balaban J connectivity index is 2.18. The van der Waals surface area contributed by atoms with E-state index in [-0.39, 0.29) is 6.61 Å². The van der Waals surface area contributed by atoms with Gasteiger partial charge in [-0.2, -0.15) is 13.2 Å². The van der Waals surface area contributed by atoms with E-state index in [9.17, 15) is 33.3 Å². The Labute approximate surface area is 213 Å². The van der Waals surface area contributed by atoms with Crippen LogP contribution in [0.2, 0.25) is 0 Å². The highest BCUT2D eigenvalue weighted by Crippen LogP contribution is 2.24. The van der Waals surface area contributed by atoms with Crippen LogP contribution in [0.4, 0.5) is 13.2 Å². The van der Waals surface area contributed by atoms with Gasteiger partial charge in [0.25, 0.3) is 0 Å². The summed E-state index contributed by atoms with van der Waals surface area (Å²) < 4.78 is 48.7. The first kappa shape index (κ1) is 32.8. The van der Waals surface area contributed by atoms with Gasteiger partial charge in [-0.3, -0.25) is 4.79 Å². The third-order valence-electron chi connectivity index (χ3n) is 6.37. The minimum atomic E-state index is -5.16. The van der Waals surface area contributed by atoms with Gasteiger partial charge in [-0.15, -0.1) is 0 Å². The molecule has 10 heteroatoms. The Morgan fingerprint density at radius 2 is 1.42 bits per heavy atom. The lowest BCUT2D eigenvalue weighted by molar-refractivity contribution is -0.272. The Bertz CT molecular complexity index is 605. The number of aliphatic hydroxyl groups is 3. The second kappa shape index (κ2) is 19.0. The number of amides is 1. The van der Waals surface area contributed by atoms with E-state index in [0.29, 0.717) is 6.42 Å². The molecule has 1 aliphatic rings. The first-order valence-electron chi connectivity index (χ1n) is 13.5. The number of rotatable bonds is 19. The number of carbonyl (C=O) groups excluding carboxylic acids is 1. The van der Waals surface area contributed by atoms with E-state index >= 15 is 0 Å². The molecule has 0 aromatic rings. The number of aliphatic hydroxyl groups excluding tert-OH is 3. The summed E-state index contributed by atoms with van der Waals surface area (Å²) in [5, 5.41) is 31.0. The monoisotopic (exact) mass is 525 g/mol. The molecule has 0 saturated carbocycles. The molecule has 7 nitrogen and oxygen atoms in total. The molecule has 1 saturated heterocycles. The summed E-state index contributed by atoms with van der Waals surface area (Å²) in [6.45, 7) is 1.71. The Hall–Kier alpha value is -1.20. The minimum absolute atomic E-state index is 0.144. The maximum atomic E-state index is 12.6. The van der Waals surface area contributed by atoms with E-state index in [1.165, 1.54) is 38.5 Å². The fourth-order valence-corrected chi connectivity index (χ4v) is 4.16. The number of halogens is 3. The van der Waals surface area contributed by atoms with Gasteiger partial charge in [-0.25, -0.2) is 0 Å². The average molecular weight is 526 g/mol. The molecule has 0 aromatic heterocycles. The Kier molecular flexibility index (Phi) is 17.3. The van der Waals surface area contributed by atoms with E-state index < -0.39 is 49.3 Å². The number of unbranched alkanes of at least 4 members (excludes halogenated alkanes) is 12. The number of nitrogens with one attached hydrogen (secondary N) is 1. The zero-order chi connectivity index (χ0) is 26.8. The predicted molar refractivity (Wildman–Crippen MR) is 131 cm³/mol. The first-order chi connectivity index (χ1) is 17.2. The summed E-state index contributed by atoms with van der Waals surface area (Å²) in [5.41, 5.74) is 0. The van der Waals surface area contributed by atoms with Crippen LogP contribution in [0.25, 0.3) is 0 Å². The molecule has 0 bridgehead atoms. The fraction of sp³-hybridized carbons (Fsp3) is 0.885. The molecule has 0 aliphatic carbocycles. The predicted octanol–water partition coefficient (Wildman–Crippen LogP) is 4.53. The van der Waals surface area contributed by atoms with Crippen LogP contribution in [-0.2, 0) is 14.3 Å². The zero-order valence-electron chi connectivity index (χ0n) is 21.6. The molecule has 0 radical (unpaired) electrons. The third-order valence-corrected chi connectivity index (χ3v) is 6.37. The normalized spacial score (nSPS) is 24.9. The van der Waals surface area contributed by atoms with E-state index in [0.717, 1.165) is 44.9 Å². The van der Waals surface area contributed by atoms with Gasteiger partial charge in [-0.1, -0.05) is 76.9 Å². The lowest BCUT2D eigenvalue weighted by atomic mass is 9.97. The minimum Gasteiger partial charge on any atom is -0.394 e. The number of hydrogen-bond donors (Lipinski definition) is 4. The molecular formula is C26H46F3NO6. The topological polar surface area (TPSA) is 108 Å². The maximum absolute atomic E-state index is 12.6. The number of allylic oxidation sites excluding steroid dienone is 2. The number of hydrogen-bond acceptors (Lipinski definition) is 6. The van der Waals surface area contributed by atoms with Crippen molar-refractivity contribution in [2.24, 2.45) is 0 Å². The van der Waals surface area contributed by atoms with Crippen molar-refractivity contribution in [3.8, 4) is 0 Å². The van der Waals surface area contributed by atoms with Gasteiger partial charge in [0.2, 0.25) is 0 Å². The number of ether oxygens (including phenoxy) is 2. The second-order valence-corrected chi connectivity index (χ2v) is 9.51. The average Bonchev–Trinajstić information content (AvgIpc) is 2.84. The molecule has 1 rings (SSSR count). The van der Waals surface area contributed by atoms with Gasteiger partial charge >= 0.3 is 12.1 Å². The van der Waals surface area contributed by atoms with Crippen molar-refractivity contribution in [1.29, 1.82) is 0 Å². The Morgan fingerprint density at radius 3 is 1.94 bits per heavy atom. The van der Waals surface area contributed by atoms with Crippen molar-refractivity contribution in [1.82, 2.24) is 5.32 Å². The van der Waals surface area contributed by atoms with Crippen LogP contribution in [0.5, 0.6) is 0 Å². The summed E-state index contributed by atoms with van der Waals surface area (Å²) in [6, 6.07) is -1.62. The number of alkyl halides is 3. The van der Waals surface area contributed by atoms with Crippen LogP contribution < -0.4 is 5.32 Å². The molecule has 212 valence electrons. The van der Waals surface area contributed by atoms with Gasteiger partial charge < -0.3 is 30.1 Å². The molecule has 0 aromatic carbocycles. The van der Waals surface area contributed by atoms with Crippen LogP contribution >= 0.6 is 0 Å². The van der Waals surface area contributed by atoms with Gasteiger partial charge in [0, 0.05) is 6.61 Å². The lowest BCUT2D eigenvalue weighted by Gasteiger charge is -2.42. The third kappa shape index (κ3) is 13.4. The van der Waals surface area contributed by atoms with Crippen molar-refractivity contribution in [2.75, 3.05) is 13.2 Å². The second-order valence-electron chi connectivity index (χ2n) is 9.51. The molecule has 1 aliphatic heterocycles. The molecule has 36 heavy (non-hydrogen) atoms. The van der Waals surface area contributed by atoms with Crippen molar-refractivity contribution in [2.45, 2.75) is 134 Å². The largest absolute Gasteiger partial charge is 0.471 e. The van der Waals surface area contributed by atoms with Crippen molar-refractivity contribution in [3.05, 3.63) is 12.2 Å². The summed E-state index contributed by atoms with van der Waals surface area (Å²) >= 11 is 0. The summed E-state index contributed by atoms with van der Waals surface area (Å²) in [6.07, 6.45) is 9.23. The smallest absolute Gasteiger partial charge is 0.394 e. The summed E-state index contributed by atoms with van der Waals surface area (Å²) in [5.74, 6) is -2.27. The Morgan fingerprint density at radius 1 is 0.889 bits per heavy atom. The highest BCUT2D eigenvalue weighted by Gasteiger charge is 2.49. The molecule has 0 spiro atoms. The fourth-order valence-electron chi connectivity index (χ4n) is 4.16. The molecule has 5 atom stereocenters. The van der Waals surface area contributed by atoms with Gasteiger partial charge in [0.15, 0.2) is 6.29 Å². The van der Waals surface area contributed by atoms with E-state index in [2.05, 4.69) is 19.1 Å². The van der Waals surface area contributed by atoms with Gasteiger partial charge in [-0.05, 0) is 32.1 Å². The van der Waals surface area contributed by atoms with Crippen LogP contribution in [0.15, 0.2) is 12.2 Å². The number of carbonyl (C=O) groups is 1. The van der Waals surface area contributed by atoms with Crippen LogP contribution in [-0.4, -0.2) is 71.3 Å².